The number of aryl methyl sites for hydroxylation is 3. The molecular formula is C24H21NO2. The molecule has 1 aromatic heterocycles. The van der Waals surface area contributed by atoms with E-state index in [4.69, 9.17) is 4.42 Å². The van der Waals surface area contributed by atoms with Crippen molar-refractivity contribution in [1.82, 2.24) is 0 Å². The summed E-state index contributed by atoms with van der Waals surface area (Å²) in [6.07, 6.45) is 0. The highest BCUT2D eigenvalue weighted by Gasteiger charge is 2.17. The molecule has 3 heteroatoms. The van der Waals surface area contributed by atoms with Crippen molar-refractivity contribution >= 4 is 28.0 Å². The Bertz CT molecular complexity index is 1140. The lowest BCUT2D eigenvalue weighted by Gasteiger charge is -2.28. The third kappa shape index (κ3) is 3.13. The van der Waals surface area contributed by atoms with E-state index in [1.165, 1.54) is 17.2 Å². The molecule has 0 aliphatic carbocycles. The van der Waals surface area contributed by atoms with Crippen molar-refractivity contribution in [1.29, 1.82) is 0 Å². The van der Waals surface area contributed by atoms with Gasteiger partial charge in [-0.05, 0) is 61.7 Å². The van der Waals surface area contributed by atoms with Gasteiger partial charge >= 0.3 is 5.63 Å². The van der Waals surface area contributed by atoms with Crippen molar-refractivity contribution in [2.24, 2.45) is 0 Å². The van der Waals surface area contributed by atoms with Gasteiger partial charge in [-0.2, -0.15) is 0 Å². The predicted octanol–water partition coefficient (Wildman–Crippen LogP) is 6.19. The van der Waals surface area contributed by atoms with E-state index in [1.807, 2.05) is 43.3 Å². The molecule has 0 N–H and O–H groups in total. The molecular weight excluding hydrogens is 334 g/mol. The van der Waals surface area contributed by atoms with E-state index in [1.54, 1.807) is 0 Å². The average molecular weight is 355 g/mol. The molecule has 0 fully saturated rings. The number of nitrogens with zero attached hydrogens (tertiary/aromatic N) is 1. The van der Waals surface area contributed by atoms with Crippen LogP contribution < -0.4 is 10.5 Å². The third-order valence-electron chi connectivity index (χ3n) is 4.91. The molecule has 134 valence electrons. The Morgan fingerprint density at radius 1 is 0.704 bits per heavy atom. The van der Waals surface area contributed by atoms with Crippen molar-refractivity contribution in [3.8, 4) is 0 Å². The minimum absolute atomic E-state index is 0.324. The maximum absolute atomic E-state index is 11.9. The topological polar surface area (TPSA) is 33.5 Å². The first-order valence-corrected chi connectivity index (χ1v) is 9.00. The van der Waals surface area contributed by atoms with E-state index in [9.17, 15) is 4.79 Å². The minimum Gasteiger partial charge on any atom is -0.423 e. The molecule has 3 nitrogen and oxygen atoms in total. The second kappa shape index (κ2) is 6.76. The lowest BCUT2D eigenvalue weighted by molar-refractivity contribution is 0.560. The Morgan fingerprint density at radius 2 is 1.30 bits per heavy atom. The number of hydrogen-bond donors (Lipinski definition) is 0. The first-order valence-electron chi connectivity index (χ1n) is 9.00. The highest BCUT2D eigenvalue weighted by atomic mass is 16.4. The summed E-state index contributed by atoms with van der Waals surface area (Å²) in [5.41, 5.74) is 6.70. The molecule has 4 aromatic rings. The number of benzene rings is 3. The summed E-state index contributed by atoms with van der Waals surface area (Å²) >= 11 is 0. The fraction of sp³-hybridized carbons (Fsp3) is 0.125. The van der Waals surface area contributed by atoms with Gasteiger partial charge in [-0.1, -0.05) is 36.4 Å². The van der Waals surface area contributed by atoms with Gasteiger partial charge in [-0.3, -0.25) is 0 Å². The molecule has 0 amide bonds. The van der Waals surface area contributed by atoms with Gasteiger partial charge in [0.2, 0.25) is 0 Å². The maximum Gasteiger partial charge on any atom is 0.336 e. The smallest absolute Gasteiger partial charge is 0.336 e. The standard InChI is InChI=1S/C24H21NO2/c1-16-8-4-6-10-21(16)25(22-11-7-5-9-17(22)2)19-12-13-20-18(3)14-24(26)27-23(20)15-19/h4-15H,1-3H3. The third-order valence-corrected chi connectivity index (χ3v) is 4.91. The zero-order valence-electron chi connectivity index (χ0n) is 15.7. The Labute approximate surface area is 158 Å². The molecule has 0 atom stereocenters. The zero-order chi connectivity index (χ0) is 19.0. The number of hydrogen-bond acceptors (Lipinski definition) is 3. The largest absolute Gasteiger partial charge is 0.423 e. The van der Waals surface area contributed by atoms with Crippen LogP contribution in [0.15, 0.2) is 82.0 Å². The molecule has 0 saturated carbocycles. The molecule has 0 spiro atoms. The fourth-order valence-electron chi connectivity index (χ4n) is 3.49. The number of fused-ring (bicyclic) bond motifs is 1. The van der Waals surface area contributed by atoms with E-state index >= 15 is 0 Å². The van der Waals surface area contributed by atoms with Crippen molar-refractivity contribution < 1.29 is 4.42 Å². The van der Waals surface area contributed by atoms with Crippen LogP contribution in [0.2, 0.25) is 0 Å². The highest BCUT2D eigenvalue weighted by Crippen LogP contribution is 2.39. The van der Waals surface area contributed by atoms with Crippen LogP contribution in [0.3, 0.4) is 0 Å². The molecule has 0 radical (unpaired) electrons. The van der Waals surface area contributed by atoms with Gasteiger partial charge in [-0.15, -0.1) is 0 Å². The molecule has 0 bridgehead atoms. The van der Waals surface area contributed by atoms with Crippen LogP contribution in [0.1, 0.15) is 16.7 Å². The quantitative estimate of drug-likeness (QED) is 0.411. The van der Waals surface area contributed by atoms with Gasteiger partial charge in [0.15, 0.2) is 0 Å². The van der Waals surface area contributed by atoms with Crippen molar-refractivity contribution in [3.05, 3.63) is 99.9 Å². The van der Waals surface area contributed by atoms with Crippen molar-refractivity contribution in [2.75, 3.05) is 4.90 Å². The zero-order valence-corrected chi connectivity index (χ0v) is 15.7. The van der Waals surface area contributed by atoms with Gasteiger partial charge in [0.25, 0.3) is 0 Å². The van der Waals surface area contributed by atoms with Crippen LogP contribution in [0.5, 0.6) is 0 Å². The summed E-state index contributed by atoms with van der Waals surface area (Å²) in [5, 5.41) is 0.952. The van der Waals surface area contributed by atoms with Crippen LogP contribution in [-0.2, 0) is 0 Å². The lowest BCUT2D eigenvalue weighted by atomic mass is 10.1. The number of rotatable bonds is 3. The van der Waals surface area contributed by atoms with Gasteiger partial charge in [-0.25, -0.2) is 4.79 Å². The molecule has 0 saturated heterocycles. The Hall–Kier alpha value is -3.33. The first kappa shape index (κ1) is 17.1. The predicted molar refractivity (Wildman–Crippen MR) is 111 cm³/mol. The Morgan fingerprint density at radius 3 is 1.89 bits per heavy atom. The molecule has 0 aliphatic heterocycles. The molecule has 1 heterocycles. The highest BCUT2D eigenvalue weighted by molar-refractivity contribution is 5.88. The van der Waals surface area contributed by atoms with Crippen molar-refractivity contribution in [3.63, 3.8) is 0 Å². The molecule has 0 aliphatic rings. The lowest BCUT2D eigenvalue weighted by Crippen LogP contribution is -2.12. The SMILES string of the molecule is Cc1ccccc1N(c1ccc2c(C)cc(=O)oc2c1)c1ccccc1C. The molecule has 3 aromatic carbocycles. The second-order valence-corrected chi connectivity index (χ2v) is 6.84. The summed E-state index contributed by atoms with van der Waals surface area (Å²) in [7, 11) is 0. The van der Waals surface area contributed by atoms with Crippen LogP contribution in [0, 0.1) is 20.8 Å². The van der Waals surface area contributed by atoms with Crippen LogP contribution in [0.4, 0.5) is 17.1 Å². The Kier molecular flexibility index (Phi) is 4.28. The molecule has 4 rings (SSSR count). The van der Waals surface area contributed by atoms with Gasteiger partial charge < -0.3 is 9.32 Å². The molecule has 0 unspecified atom stereocenters. The summed E-state index contributed by atoms with van der Waals surface area (Å²) in [6.45, 7) is 6.14. The average Bonchev–Trinajstić information content (AvgIpc) is 2.64. The summed E-state index contributed by atoms with van der Waals surface area (Å²) < 4.78 is 5.48. The molecule has 27 heavy (non-hydrogen) atoms. The summed E-state index contributed by atoms with van der Waals surface area (Å²) in [4.78, 5) is 14.1. The van der Waals surface area contributed by atoms with Gasteiger partial charge in [0.05, 0.1) is 0 Å². The normalized spacial score (nSPS) is 10.9. The minimum atomic E-state index is -0.324. The van der Waals surface area contributed by atoms with E-state index in [-0.39, 0.29) is 5.63 Å². The van der Waals surface area contributed by atoms with E-state index < -0.39 is 0 Å². The summed E-state index contributed by atoms with van der Waals surface area (Å²) in [6, 6.07) is 24.2. The monoisotopic (exact) mass is 355 g/mol. The number of anilines is 3. The van der Waals surface area contributed by atoms with E-state index in [0.29, 0.717) is 5.58 Å². The van der Waals surface area contributed by atoms with Crippen LogP contribution in [-0.4, -0.2) is 0 Å². The second-order valence-electron chi connectivity index (χ2n) is 6.84. The van der Waals surface area contributed by atoms with Crippen molar-refractivity contribution in [2.45, 2.75) is 20.8 Å². The van der Waals surface area contributed by atoms with Gasteiger partial charge in [0, 0.05) is 34.6 Å². The fourth-order valence-corrected chi connectivity index (χ4v) is 3.49. The maximum atomic E-state index is 11.9. The van der Waals surface area contributed by atoms with Gasteiger partial charge in [0.1, 0.15) is 5.58 Å². The van der Waals surface area contributed by atoms with E-state index in [2.05, 4.69) is 49.1 Å². The number of para-hydroxylation sites is 2. The summed E-state index contributed by atoms with van der Waals surface area (Å²) in [5.74, 6) is 0. The van der Waals surface area contributed by atoms with Crippen LogP contribution in [0.25, 0.3) is 11.0 Å². The first-order chi connectivity index (χ1) is 13.0. The van der Waals surface area contributed by atoms with Crippen LogP contribution >= 0.6 is 0 Å². The van der Waals surface area contributed by atoms with E-state index in [0.717, 1.165) is 28.0 Å². The Balaban J connectivity index is 1.99.